The Morgan fingerprint density at radius 1 is 1.30 bits per heavy atom. The van der Waals surface area contributed by atoms with E-state index in [1.54, 1.807) is 18.2 Å². The van der Waals surface area contributed by atoms with Gasteiger partial charge in [0.25, 0.3) is 0 Å². The fourth-order valence-electron chi connectivity index (χ4n) is 1.57. The molecule has 0 fully saturated rings. The number of ether oxygens (including phenoxy) is 1. The monoisotopic (exact) mass is 319 g/mol. The van der Waals surface area contributed by atoms with Crippen LogP contribution >= 0.6 is 23.2 Å². The summed E-state index contributed by atoms with van der Waals surface area (Å²) in [6.45, 7) is 8.15. The molecule has 0 spiro atoms. The zero-order valence-electron chi connectivity index (χ0n) is 12.2. The van der Waals surface area contributed by atoms with E-state index in [1.165, 1.54) is 0 Å². The molecule has 2 N–H and O–H groups in total. The average molecular weight is 320 g/mol. The Kier molecular flexibility index (Phi) is 7.10. The largest absolute Gasteiger partial charge is 0.489 e. The smallest absolute Gasteiger partial charge is 0.138 e. The zero-order valence-corrected chi connectivity index (χ0v) is 13.8. The van der Waals surface area contributed by atoms with E-state index in [0.29, 0.717) is 27.8 Å². The maximum absolute atomic E-state index is 9.83. The van der Waals surface area contributed by atoms with E-state index in [0.717, 1.165) is 13.0 Å². The molecule has 1 atom stereocenters. The van der Waals surface area contributed by atoms with E-state index < -0.39 is 6.10 Å². The third-order valence-corrected chi connectivity index (χ3v) is 3.29. The normalized spacial score (nSPS) is 13.3. The van der Waals surface area contributed by atoms with Gasteiger partial charge in [-0.2, -0.15) is 0 Å². The maximum atomic E-state index is 9.83. The van der Waals surface area contributed by atoms with E-state index in [4.69, 9.17) is 27.9 Å². The van der Waals surface area contributed by atoms with E-state index >= 15 is 0 Å². The lowest BCUT2D eigenvalue weighted by atomic mass is 9.92. The number of nitrogens with one attached hydrogen (secondary N) is 1. The molecular weight excluding hydrogens is 297 g/mol. The summed E-state index contributed by atoms with van der Waals surface area (Å²) in [6.07, 6.45) is 0.491. The fourth-order valence-corrected chi connectivity index (χ4v) is 2.03. The minimum Gasteiger partial charge on any atom is -0.489 e. The Hall–Kier alpha value is -0.480. The molecule has 0 saturated heterocycles. The summed E-state index contributed by atoms with van der Waals surface area (Å²) >= 11 is 11.8. The van der Waals surface area contributed by atoms with Crippen LogP contribution in [-0.4, -0.2) is 30.9 Å². The third kappa shape index (κ3) is 7.34. The van der Waals surface area contributed by atoms with Gasteiger partial charge in [0.1, 0.15) is 18.5 Å². The Balaban J connectivity index is 2.24. The zero-order chi connectivity index (χ0) is 15.2. The number of aliphatic hydroxyl groups is 1. The van der Waals surface area contributed by atoms with Gasteiger partial charge in [-0.05, 0) is 36.6 Å². The van der Waals surface area contributed by atoms with Crippen molar-refractivity contribution in [2.45, 2.75) is 33.3 Å². The van der Waals surface area contributed by atoms with Crippen molar-refractivity contribution in [2.75, 3.05) is 19.7 Å². The highest BCUT2D eigenvalue weighted by atomic mass is 35.5. The second kappa shape index (κ2) is 8.08. The summed E-state index contributed by atoms with van der Waals surface area (Å²) in [6, 6.07) is 5.02. The summed E-state index contributed by atoms with van der Waals surface area (Å²) in [5, 5.41) is 14.1. The lowest BCUT2D eigenvalue weighted by molar-refractivity contribution is 0.106. The van der Waals surface area contributed by atoms with Crippen LogP contribution in [0.15, 0.2) is 18.2 Å². The lowest BCUT2D eigenvalue weighted by Gasteiger charge is -2.19. The molecule has 0 heterocycles. The second-order valence-electron chi connectivity index (χ2n) is 6.05. The molecule has 1 aromatic rings. The van der Waals surface area contributed by atoms with Crippen molar-refractivity contribution in [2.24, 2.45) is 5.41 Å². The van der Waals surface area contributed by atoms with Gasteiger partial charge in [0, 0.05) is 11.6 Å². The molecular formula is C15H23Cl2NO2. The van der Waals surface area contributed by atoms with Gasteiger partial charge in [0.05, 0.1) is 5.02 Å². The summed E-state index contributed by atoms with van der Waals surface area (Å²) in [5.41, 5.74) is 0.297. The van der Waals surface area contributed by atoms with E-state index in [1.807, 2.05) is 0 Å². The molecule has 1 unspecified atom stereocenters. The van der Waals surface area contributed by atoms with Gasteiger partial charge in [-0.3, -0.25) is 0 Å². The highest BCUT2D eigenvalue weighted by Crippen LogP contribution is 2.27. The van der Waals surface area contributed by atoms with Crippen LogP contribution in [0.5, 0.6) is 5.75 Å². The van der Waals surface area contributed by atoms with Crippen LogP contribution in [0.3, 0.4) is 0 Å². The molecule has 20 heavy (non-hydrogen) atoms. The number of aliphatic hydroxyl groups excluding tert-OH is 1. The molecule has 5 heteroatoms. The van der Waals surface area contributed by atoms with E-state index in [-0.39, 0.29) is 6.61 Å². The van der Waals surface area contributed by atoms with Crippen molar-refractivity contribution >= 4 is 23.2 Å². The first-order valence-electron chi connectivity index (χ1n) is 6.74. The van der Waals surface area contributed by atoms with Gasteiger partial charge < -0.3 is 15.2 Å². The van der Waals surface area contributed by atoms with Crippen molar-refractivity contribution in [1.29, 1.82) is 0 Å². The molecule has 0 aliphatic carbocycles. The first-order valence-corrected chi connectivity index (χ1v) is 7.50. The van der Waals surface area contributed by atoms with Crippen LogP contribution in [-0.2, 0) is 0 Å². The van der Waals surface area contributed by atoms with Crippen LogP contribution in [0.4, 0.5) is 0 Å². The summed E-state index contributed by atoms with van der Waals surface area (Å²) < 4.78 is 5.47. The molecule has 0 amide bonds. The van der Waals surface area contributed by atoms with E-state index in [2.05, 4.69) is 26.1 Å². The van der Waals surface area contributed by atoms with Gasteiger partial charge in [0.15, 0.2) is 0 Å². The van der Waals surface area contributed by atoms with Crippen LogP contribution in [0, 0.1) is 5.41 Å². The summed E-state index contributed by atoms with van der Waals surface area (Å²) in [4.78, 5) is 0. The highest BCUT2D eigenvalue weighted by molar-refractivity contribution is 6.35. The molecule has 0 aromatic heterocycles. The molecule has 0 aliphatic heterocycles. The minimum absolute atomic E-state index is 0.198. The second-order valence-corrected chi connectivity index (χ2v) is 6.90. The van der Waals surface area contributed by atoms with Crippen LogP contribution in [0.2, 0.25) is 10.0 Å². The van der Waals surface area contributed by atoms with Gasteiger partial charge in [-0.1, -0.05) is 44.0 Å². The van der Waals surface area contributed by atoms with Crippen molar-refractivity contribution < 1.29 is 9.84 Å². The molecule has 1 aromatic carbocycles. The summed E-state index contributed by atoms with van der Waals surface area (Å²) in [7, 11) is 0. The Morgan fingerprint density at radius 2 is 2.00 bits per heavy atom. The predicted molar refractivity (Wildman–Crippen MR) is 84.9 cm³/mol. The Morgan fingerprint density at radius 3 is 2.60 bits per heavy atom. The first-order chi connectivity index (χ1) is 9.28. The van der Waals surface area contributed by atoms with Gasteiger partial charge in [-0.15, -0.1) is 0 Å². The van der Waals surface area contributed by atoms with Crippen LogP contribution < -0.4 is 10.1 Å². The molecule has 0 saturated carbocycles. The van der Waals surface area contributed by atoms with Crippen molar-refractivity contribution in [1.82, 2.24) is 5.32 Å². The maximum Gasteiger partial charge on any atom is 0.138 e. The highest BCUT2D eigenvalue weighted by Gasteiger charge is 2.11. The first kappa shape index (κ1) is 17.6. The van der Waals surface area contributed by atoms with Crippen molar-refractivity contribution in [3.8, 4) is 5.75 Å². The third-order valence-electron chi connectivity index (χ3n) is 2.76. The lowest BCUT2D eigenvalue weighted by Crippen LogP contribution is -2.33. The molecule has 0 bridgehead atoms. The number of benzene rings is 1. The van der Waals surface area contributed by atoms with Gasteiger partial charge in [-0.25, -0.2) is 0 Å². The molecule has 1 rings (SSSR count). The van der Waals surface area contributed by atoms with Gasteiger partial charge >= 0.3 is 0 Å². The quantitative estimate of drug-likeness (QED) is 0.752. The molecule has 0 aliphatic rings. The SMILES string of the molecule is CC(C)(C)CCNCC(O)COc1ccc(Cl)cc1Cl. The minimum atomic E-state index is -0.568. The Bertz CT molecular complexity index is 419. The van der Waals surface area contributed by atoms with Crippen LogP contribution in [0.25, 0.3) is 0 Å². The topological polar surface area (TPSA) is 41.5 Å². The van der Waals surface area contributed by atoms with Gasteiger partial charge in [0.2, 0.25) is 0 Å². The summed E-state index contributed by atoms with van der Waals surface area (Å²) in [5.74, 6) is 0.532. The number of hydrogen-bond donors (Lipinski definition) is 2. The van der Waals surface area contributed by atoms with Crippen molar-refractivity contribution in [3.63, 3.8) is 0 Å². The average Bonchev–Trinajstić information content (AvgIpc) is 2.32. The van der Waals surface area contributed by atoms with Crippen molar-refractivity contribution in [3.05, 3.63) is 28.2 Å². The number of halogens is 2. The Labute approximate surface area is 131 Å². The van der Waals surface area contributed by atoms with E-state index in [9.17, 15) is 5.11 Å². The molecule has 114 valence electrons. The fraction of sp³-hybridized carbons (Fsp3) is 0.600. The molecule has 0 radical (unpaired) electrons. The predicted octanol–water partition coefficient (Wildman–Crippen LogP) is 3.76. The van der Waals surface area contributed by atoms with Crippen LogP contribution in [0.1, 0.15) is 27.2 Å². The number of rotatable bonds is 7. The standard InChI is InChI=1S/C15H23Cl2NO2/c1-15(2,3)6-7-18-9-12(19)10-20-14-5-4-11(16)8-13(14)17/h4-5,8,12,18-19H,6-7,9-10H2,1-3H3. The molecule has 3 nitrogen and oxygen atoms in total. The number of hydrogen-bond acceptors (Lipinski definition) is 3.